The molecule has 0 radical (unpaired) electrons. The van der Waals surface area contributed by atoms with Crippen molar-refractivity contribution in [3.05, 3.63) is 17.5 Å². The monoisotopic (exact) mass is 300 g/mol. The maximum atomic E-state index is 12.5. The number of aromatic nitrogens is 1. The largest absolute Gasteiger partial charge is 0.573 e. The normalized spacial score (nSPS) is 11.9. The number of ether oxygens (including phenoxy) is 2. The minimum absolute atomic E-state index is 0.0627. The Hall–Kier alpha value is -2.18. The summed E-state index contributed by atoms with van der Waals surface area (Å²) in [5.41, 5.74) is -2.20. The second-order valence-corrected chi connectivity index (χ2v) is 3.37. The van der Waals surface area contributed by atoms with Gasteiger partial charge in [0, 0.05) is 6.07 Å². The molecule has 0 atom stereocenters. The number of methoxy groups -OCH3 is 1. The molecular formula is C10H6F6N2O2. The third kappa shape index (κ3) is 3.91. The average Bonchev–Trinajstić information content (AvgIpc) is 2.25. The molecule has 0 fully saturated rings. The number of hydrogen-bond acceptors (Lipinski definition) is 4. The van der Waals surface area contributed by atoms with E-state index in [9.17, 15) is 26.3 Å². The van der Waals surface area contributed by atoms with Crippen molar-refractivity contribution in [3.63, 3.8) is 0 Å². The van der Waals surface area contributed by atoms with Gasteiger partial charge in [-0.15, -0.1) is 13.2 Å². The van der Waals surface area contributed by atoms with Crippen LogP contribution in [-0.2, 0) is 12.6 Å². The lowest BCUT2D eigenvalue weighted by Crippen LogP contribution is -2.19. The van der Waals surface area contributed by atoms with E-state index in [2.05, 4.69) is 14.5 Å². The van der Waals surface area contributed by atoms with Crippen molar-refractivity contribution in [2.75, 3.05) is 7.11 Å². The fraction of sp³-hybridized carbons (Fsp3) is 0.400. The van der Waals surface area contributed by atoms with Crippen molar-refractivity contribution in [1.29, 1.82) is 5.26 Å². The Labute approximate surface area is 108 Å². The van der Waals surface area contributed by atoms with Crippen LogP contribution in [-0.4, -0.2) is 18.5 Å². The van der Waals surface area contributed by atoms with Gasteiger partial charge in [0.25, 0.3) is 0 Å². The van der Waals surface area contributed by atoms with Gasteiger partial charge in [0.2, 0.25) is 0 Å². The first-order chi connectivity index (χ1) is 9.08. The number of pyridine rings is 1. The van der Waals surface area contributed by atoms with E-state index in [1.165, 1.54) is 6.07 Å². The number of hydrogen-bond donors (Lipinski definition) is 0. The number of nitriles is 1. The van der Waals surface area contributed by atoms with Gasteiger partial charge in [0.1, 0.15) is 11.4 Å². The molecule has 0 bridgehead atoms. The predicted molar refractivity (Wildman–Crippen MR) is 51.8 cm³/mol. The average molecular weight is 300 g/mol. The zero-order chi connectivity index (χ0) is 15.6. The van der Waals surface area contributed by atoms with Crippen LogP contribution in [0.25, 0.3) is 0 Å². The van der Waals surface area contributed by atoms with Crippen LogP contribution in [0.3, 0.4) is 0 Å². The summed E-state index contributed by atoms with van der Waals surface area (Å²) in [4.78, 5) is 3.08. The van der Waals surface area contributed by atoms with Crippen LogP contribution in [0, 0.1) is 11.3 Å². The first kappa shape index (κ1) is 15.9. The molecule has 0 aliphatic rings. The standard InChI is InChI=1S/C10H6F6N2O2/c1-19-8-5(2-3-17)18-7(9(11,12)13)4-6(8)20-10(14,15)16/h4H,2H2,1H3. The molecule has 0 N–H and O–H groups in total. The van der Waals surface area contributed by atoms with Gasteiger partial charge in [0.15, 0.2) is 11.5 Å². The lowest BCUT2D eigenvalue weighted by molar-refractivity contribution is -0.275. The second kappa shape index (κ2) is 5.44. The highest BCUT2D eigenvalue weighted by Crippen LogP contribution is 2.39. The van der Waals surface area contributed by atoms with Gasteiger partial charge in [-0.25, -0.2) is 4.98 Å². The number of alkyl halides is 6. The molecule has 0 amide bonds. The smallest absolute Gasteiger partial charge is 0.491 e. The topological polar surface area (TPSA) is 55.1 Å². The van der Waals surface area contributed by atoms with Crippen LogP contribution in [0.1, 0.15) is 11.4 Å². The lowest BCUT2D eigenvalue weighted by atomic mass is 10.2. The molecule has 4 nitrogen and oxygen atoms in total. The molecule has 0 unspecified atom stereocenters. The Kier molecular flexibility index (Phi) is 4.32. The highest BCUT2D eigenvalue weighted by atomic mass is 19.4. The molecule has 0 saturated heterocycles. The summed E-state index contributed by atoms with van der Waals surface area (Å²) in [6.45, 7) is 0. The summed E-state index contributed by atoms with van der Waals surface area (Å²) in [5, 5.41) is 8.47. The van der Waals surface area contributed by atoms with E-state index in [1.54, 1.807) is 0 Å². The Morgan fingerprint density at radius 1 is 1.25 bits per heavy atom. The first-order valence-corrected chi connectivity index (χ1v) is 4.86. The van der Waals surface area contributed by atoms with Crippen LogP contribution < -0.4 is 9.47 Å². The zero-order valence-corrected chi connectivity index (χ0v) is 9.76. The van der Waals surface area contributed by atoms with E-state index in [1.807, 2.05) is 0 Å². The van der Waals surface area contributed by atoms with Crippen LogP contribution >= 0.6 is 0 Å². The molecule has 1 heterocycles. The van der Waals surface area contributed by atoms with E-state index >= 15 is 0 Å². The molecule has 110 valence electrons. The highest BCUT2D eigenvalue weighted by Gasteiger charge is 2.38. The predicted octanol–water partition coefficient (Wildman–Crippen LogP) is 3.07. The molecule has 0 saturated carbocycles. The van der Waals surface area contributed by atoms with E-state index in [-0.39, 0.29) is 6.07 Å². The Morgan fingerprint density at radius 2 is 1.85 bits per heavy atom. The molecule has 20 heavy (non-hydrogen) atoms. The fourth-order valence-corrected chi connectivity index (χ4v) is 1.32. The summed E-state index contributed by atoms with van der Waals surface area (Å²) in [7, 11) is 0.925. The van der Waals surface area contributed by atoms with Crippen molar-refractivity contribution in [2.45, 2.75) is 19.0 Å². The summed E-state index contributed by atoms with van der Waals surface area (Å²) >= 11 is 0. The molecule has 0 aromatic carbocycles. The van der Waals surface area contributed by atoms with Gasteiger partial charge in [-0.05, 0) is 0 Å². The van der Waals surface area contributed by atoms with Gasteiger partial charge in [-0.2, -0.15) is 18.4 Å². The third-order valence-electron chi connectivity index (χ3n) is 1.98. The van der Waals surface area contributed by atoms with Gasteiger partial charge >= 0.3 is 12.5 Å². The summed E-state index contributed by atoms with van der Waals surface area (Å²) in [6, 6.07) is 1.54. The van der Waals surface area contributed by atoms with E-state index < -0.39 is 41.8 Å². The van der Waals surface area contributed by atoms with Crippen molar-refractivity contribution >= 4 is 0 Å². The Balaban J connectivity index is 3.46. The zero-order valence-electron chi connectivity index (χ0n) is 9.76. The fourth-order valence-electron chi connectivity index (χ4n) is 1.32. The van der Waals surface area contributed by atoms with Crippen molar-refractivity contribution in [1.82, 2.24) is 4.98 Å². The lowest BCUT2D eigenvalue weighted by Gasteiger charge is -2.16. The maximum absolute atomic E-state index is 12.5. The first-order valence-electron chi connectivity index (χ1n) is 4.86. The summed E-state index contributed by atoms with van der Waals surface area (Å²) in [5.74, 6) is -1.87. The minimum atomic E-state index is -5.21. The van der Waals surface area contributed by atoms with Crippen LogP contribution in [0.5, 0.6) is 11.5 Å². The molecular weight excluding hydrogens is 294 g/mol. The SMILES string of the molecule is COc1c(OC(F)(F)F)cc(C(F)(F)F)nc1CC#N. The Morgan fingerprint density at radius 3 is 2.25 bits per heavy atom. The van der Waals surface area contributed by atoms with E-state index in [0.29, 0.717) is 0 Å². The van der Waals surface area contributed by atoms with Gasteiger partial charge in [0.05, 0.1) is 19.6 Å². The third-order valence-corrected chi connectivity index (χ3v) is 1.98. The van der Waals surface area contributed by atoms with Crippen molar-refractivity contribution in [3.8, 4) is 17.6 Å². The summed E-state index contributed by atoms with van der Waals surface area (Å²) < 4.78 is 82.1. The van der Waals surface area contributed by atoms with Crippen LogP contribution in [0.15, 0.2) is 6.07 Å². The van der Waals surface area contributed by atoms with Crippen molar-refractivity contribution < 1.29 is 35.8 Å². The van der Waals surface area contributed by atoms with Gasteiger partial charge < -0.3 is 9.47 Å². The quantitative estimate of drug-likeness (QED) is 0.805. The molecule has 1 rings (SSSR count). The molecule has 1 aromatic rings. The molecule has 0 aliphatic heterocycles. The number of nitrogens with zero attached hydrogens (tertiary/aromatic N) is 2. The number of halogens is 6. The van der Waals surface area contributed by atoms with Gasteiger partial charge in [-0.3, -0.25) is 0 Å². The highest BCUT2D eigenvalue weighted by molar-refractivity contribution is 5.46. The molecule has 1 aromatic heterocycles. The number of rotatable bonds is 3. The van der Waals surface area contributed by atoms with Crippen molar-refractivity contribution in [2.24, 2.45) is 0 Å². The Bertz CT molecular complexity index is 532. The molecule has 0 spiro atoms. The van der Waals surface area contributed by atoms with E-state index in [4.69, 9.17) is 5.26 Å². The van der Waals surface area contributed by atoms with Gasteiger partial charge in [-0.1, -0.05) is 0 Å². The molecule has 10 heteroatoms. The van der Waals surface area contributed by atoms with E-state index in [0.717, 1.165) is 7.11 Å². The summed E-state index contributed by atoms with van der Waals surface area (Å²) in [6.07, 6.45) is -10.9. The minimum Gasteiger partial charge on any atom is -0.491 e. The van der Waals surface area contributed by atoms with Crippen LogP contribution in [0.2, 0.25) is 0 Å². The maximum Gasteiger partial charge on any atom is 0.573 e. The van der Waals surface area contributed by atoms with Crippen LogP contribution in [0.4, 0.5) is 26.3 Å². The molecule has 0 aliphatic carbocycles. The second-order valence-electron chi connectivity index (χ2n) is 3.37.